The smallest absolute Gasteiger partial charge is 0.165 e. The number of aryl methyl sites for hydroxylation is 1. The number of hydrogen-bond donors (Lipinski definition) is 0. The van der Waals surface area contributed by atoms with Crippen LogP contribution in [0.5, 0.6) is 0 Å². The van der Waals surface area contributed by atoms with Crippen LogP contribution in [-0.2, 0) is 0 Å². The third-order valence-electron chi connectivity index (χ3n) is 3.57. The summed E-state index contributed by atoms with van der Waals surface area (Å²) in [6, 6.07) is 10.2. The van der Waals surface area contributed by atoms with Crippen LogP contribution in [0.25, 0.3) is 5.65 Å². The van der Waals surface area contributed by atoms with Crippen LogP contribution in [0, 0.1) is 6.92 Å². The van der Waals surface area contributed by atoms with Gasteiger partial charge in [0.15, 0.2) is 5.65 Å². The molecule has 0 aliphatic carbocycles. The topological polar surface area (TPSA) is 43.1 Å². The molecule has 3 heterocycles. The fourth-order valence-corrected chi connectivity index (χ4v) is 4.13. The summed E-state index contributed by atoms with van der Waals surface area (Å²) in [5.41, 5.74) is 2.08. The standard InChI is InChI=1S/C14H11ClN4S/c1-8-16-12(15)6-13-17-18-14(19(8)13)10-7-20-11-5-3-2-4-9(10)11/h2-6,10H,7H2,1H3. The Morgan fingerprint density at radius 3 is 3.05 bits per heavy atom. The zero-order valence-corrected chi connectivity index (χ0v) is 12.3. The van der Waals surface area contributed by atoms with Gasteiger partial charge in [0, 0.05) is 16.7 Å². The lowest BCUT2D eigenvalue weighted by atomic mass is 10.0. The van der Waals surface area contributed by atoms with Gasteiger partial charge in [0.05, 0.1) is 5.92 Å². The fraction of sp³-hybridized carbons (Fsp3) is 0.214. The molecule has 0 amide bonds. The van der Waals surface area contributed by atoms with Crippen molar-refractivity contribution in [2.24, 2.45) is 0 Å². The second-order valence-corrected chi connectivity index (χ2v) is 6.23. The van der Waals surface area contributed by atoms with Gasteiger partial charge in [0.2, 0.25) is 0 Å². The lowest BCUT2D eigenvalue weighted by molar-refractivity contribution is 0.787. The Bertz CT molecular complexity index is 814. The maximum atomic E-state index is 5.98. The van der Waals surface area contributed by atoms with Gasteiger partial charge in [-0.2, -0.15) is 0 Å². The molecule has 1 unspecified atom stereocenters. The van der Waals surface area contributed by atoms with E-state index in [1.54, 1.807) is 6.07 Å². The second kappa shape index (κ2) is 4.46. The highest BCUT2D eigenvalue weighted by Gasteiger charge is 2.28. The molecule has 0 saturated carbocycles. The van der Waals surface area contributed by atoms with Crippen molar-refractivity contribution < 1.29 is 0 Å². The predicted octanol–water partition coefficient (Wildman–Crippen LogP) is 3.32. The Kier molecular flexibility index (Phi) is 2.72. The Balaban J connectivity index is 1.92. The molecule has 1 aliphatic heterocycles. The Morgan fingerprint density at radius 2 is 2.15 bits per heavy atom. The minimum Gasteiger partial charge on any atom is -0.266 e. The van der Waals surface area contributed by atoms with Crippen LogP contribution in [0.4, 0.5) is 0 Å². The zero-order valence-electron chi connectivity index (χ0n) is 10.7. The van der Waals surface area contributed by atoms with Crippen LogP contribution < -0.4 is 0 Å². The number of fused-ring (bicyclic) bond motifs is 2. The van der Waals surface area contributed by atoms with Gasteiger partial charge in [-0.3, -0.25) is 4.40 Å². The molecule has 0 N–H and O–H groups in total. The first-order valence-corrected chi connectivity index (χ1v) is 7.70. The maximum absolute atomic E-state index is 5.98. The first-order valence-electron chi connectivity index (χ1n) is 6.34. The molecule has 100 valence electrons. The van der Waals surface area contributed by atoms with E-state index in [4.69, 9.17) is 11.6 Å². The monoisotopic (exact) mass is 302 g/mol. The quantitative estimate of drug-likeness (QED) is 0.647. The van der Waals surface area contributed by atoms with Crippen LogP contribution in [0.2, 0.25) is 5.15 Å². The van der Waals surface area contributed by atoms with Crippen LogP contribution in [0.1, 0.15) is 23.1 Å². The first-order chi connectivity index (χ1) is 9.74. The summed E-state index contributed by atoms with van der Waals surface area (Å²) in [6.07, 6.45) is 0. The molecule has 1 atom stereocenters. The highest BCUT2D eigenvalue weighted by molar-refractivity contribution is 7.99. The van der Waals surface area contributed by atoms with Gasteiger partial charge in [-0.25, -0.2) is 4.98 Å². The normalized spacial score (nSPS) is 17.6. The van der Waals surface area contributed by atoms with Crippen molar-refractivity contribution in [3.8, 4) is 0 Å². The van der Waals surface area contributed by atoms with Crippen molar-refractivity contribution in [1.29, 1.82) is 0 Å². The highest BCUT2D eigenvalue weighted by Crippen LogP contribution is 2.42. The van der Waals surface area contributed by atoms with Gasteiger partial charge in [0.25, 0.3) is 0 Å². The largest absolute Gasteiger partial charge is 0.266 e. The van der Waals surface area contributed by atoms with E-state index in [-0.39, 0.29) is 5.92 Å². The second-order valence-electron chi connectivity index (χ2n) is 4.78. The summed E-state index contributed by atoms with van der Waals surface area (Å²) >= 11 is 7.84. The molecule has 1 aliphatic rings. The summed E-state index contributed by atoms with van der Waals surface area (Å²) in [5.74, 6) is 3.01. The number of rotatable bonds is 1. The molecule has 3 aromatic rings. The van der Waals surface area contributed by atoms with Crippen LogP contribution in [-0.4, -0.2) is 25.3 Å². The average Bonchev–Trinajstić information content (AvgIpc) is 3.01. The molecule has 0 saturated heterocycles. The number of hydrogen-bond acceptors (Lipinski definition) is 4. The molecular formula is C14H11ClN4S. The van der Waals surface area contributed by atoms with Crippen molar-refractivity contribution in [2.75, 3.05) is 5.75 Å². The Labute approximate surface area is 125 Å². The molecule has 2 aromatic heterocycles. The van der Waals surface area contributed by atoms with Crippen molar-refractivity contribution >= 4 is 29.0 Å². The number of halogens is 1. The molecule has 4 nitrogen and oxygen atoms in total. The molecule has 0 radical (unpaired) electrons. The lowest BCUT2D eigenvalue weighted by Gasteiger charge is -2.10. The zero-order chi connectivity index (χ0) is 13.7. The molecule has 1 aromatic carbocycles. The van der Waals surface area contributed by atoms with Crippen molar-refractivity contribution in [1.82, 2.24) is 19.6 Å². The van der Waals surface area contributed by atoms with Crippen molar-refractivity contribution in [3.05, 3.63) is 52.7 Å². The van der Waals surface area contributed by atoms with E-state index in [1.807, 2.05) is 23.1 Å². The predicted molar refractivity (Wildman–Crippen MR) is 79.5 cm³/mol. The molecule has 0 spiro atoms. The highest BCUT2D eigenvalue weighted by atomic mass is 35.5. The van der Waals surface area contributed by atoms with E-state index in [1.165, 1.54) is 10.5 Å². The van der Waals surface area contributed by atoms with Crippen LogP contribution in [0.3, 0.4) is 0 Å². The van der Waals surface area contributed by atoms with Crippen molar-refractivity contribution in [3.63, 3.8) is 0 Å². The van der Waals surface area contributed by atoms with E-state index >= 15 is 0 Å². The summed E-state index contributed by atoms with van der Waals surface area (Å²) in [5, 5.41) is 9.07. The van der Waals surface area contributed by atoms with E-state index in [2.05, 4.69) is 39.4 Å². The SMILES string of the molecule is Cc1nc(Cl)cc2nnc(C3CSc4ccccc43)n12. The van der Waals surface area contributed by atoms with Gasteiger partial charge in [-0.05, 0) is 18.6 Å². The van der Waals surface area contributed by atoms with E-state index in [9.17, 15) is 0 Å². The average molecular weight is 303 g/mol. The number of nitrogens with zero attached hydrogens (tertiary/aromatic N) is 4. The minimum absolute atomic E-state index is 0.257. The number of thioether (sulfide) groups is 1. The molecule has 0 fully saturated rings. The maximum Gasteiger partial charge on any atom is 0.165 e. The molecular weight excluding hydrogens is 292 g/mol. The summed E-state index contributed by atoms with van der Waals surface area (Å²) in [7, 11) is 0. The van der Waals surface area contributed by atoms with Crippen molar-refractivity contribution in [2.45, 2.75) is 17.7 Å². The van der Waals surface area contributed by atoms with Gasteiger partial charge in [-0.15, -0.1) is 22.0 Å². The Morgan fingerprint density at radius 1 is 1.30 bits per heavy atom. The van der Waals surface area contributed by atoms with Gasteiger partial charge in [-0.1, -0.05) is 29.8 Å². The fourth-order valence-electron chi connectivity index (χ4n) is 2.68. The summed E-state index contributed by atoms with van der Waals surface area (Å²) in [4.78, 5) is 5.63. The van der Waals surface area contributed by atoms with E-state index in [0.29, 0.717) is 5.15 Å². The first kappa shape index (κ1) is 12.2. The van der Waals surface area contributed by atoms with Gasteiger partial charge < -0.3 is 0 Å². The van der Waals surface area contributed by atoms with Gasteiger partial charge in [0.1, 0.15) is 16.8 Å². The van der Waals surface area contributed by atoms with E-state index < -0.39 is 0 Å². The van der Waals surface area contributed by atoms with Gasteiger partial charge >= 0.3 is 0 Å². The van der Waals surface area contributed by atoms with E-state index in [0.717, 1.165) is 23.0 Å². The molecule has 6 heteroatoms. The number of benzene rings is 1. The third kappa shape index (κ3) is 1.73. The Hall–Kier alpha value is -1.59. The minimum atomic E-state index is 0.257. The van der Waals surface area contributed by atoms with Crippen LogP contribution in [0.15, 0.2) is 35.2 Å². The number of aromatic nitrogens is 4. The lowest BCUT2D eigenvalue weighted by Crippen LogP contribution is -2.08. The molecule has 20 heavy (non-hydrogen) atoms. The third-order valence-corrected chi connectivity index (χ3v) is 4.94. The summed E-state index contributed by atoms with van der Waals surface area (Å²) in [6.45, 7) is 1.93. The molecule has 4 rings (SSSR count). The van der Waals surface area contributed by atoms with Crippen LogP contribution >= 0.6 is 23.4 Å². The molecule has 0 bridgehead atoms. The summed E-state index contributed by atoms with van der Waals surface area (Å²) < 4.78 is 2.00.